The number of hydrogen-bond donors (Lipinski definition) is 1. The highest BCUT2D eigenvalue weighted by molar-refractivity contribution is 5.82. The zero-order valence-corrected chi connectivity index (χ0v) is 14.0. The highest BCUT2D eigenvalue weighted by atomic mass is 16.5. The lowest BCUT2D eigenvalue weighted by molar-refractivity contribution is -0.0669. The Balaban J connectivity index is 1.89. The Hall–Kier alpha value is -0.770. The summed E-state index contributed by atoms with van der Waals surface area (Å²) in [6, 6.07) is 0. The number of nitrogens with one attached hydrogen (secondary N) is 1. The van der Waals surface area contributed by atoms with Gasteiger partial charge in [0.15, 0.2) is 5.96 Å². The van der Waals surface area contributed by atoms with Crippen molar-refractivity contribution in [2.24, 2.45) is 15.8 Å². The maximum Gasteiger partial charge on any atom is 0.194 e. The third-order valence-electron chi connectivity index (χ3n) is 5.77. The Kier molecular flexibility index (Phi) is 4.07. The van der Waals surface area contributed by atoms with Crippen molar-refractivity contribution >= 4 is 5.96 Å². The lowest BCUT2D eigenvalue weighted by atomic mass is 9.65. The van der Waals surface area contributed by atoms with Gasteiger partial charge in [0, 0.05) is 44.8 Å². The molecule has 116 valence electrons. The van der Waals surface area contributed by atoms with Gasteiger partial charge in [-0.25, -0.2) is 0 Å². The Labute approximate surface area is 124 Å². The molecule has 0 unspecified atom stereocenters. The van der Waals surface area contributed by atoms with Gasteiger partial charge in [0.05, 0.1) is 0 Å². The van der Waals surface area contributed by atoms with Gasteiger partial charge in [-0.2, -0.15) is 0 Å². The first-order chi connectivity index (χ1) is 9.28. The molecule has 0 aromatic heterocycles. The van der Waals surface area contributed by atoms with Crippen molar-refractivity contribution in [3.05, 3.63) is 0 Å². The zero-order valence-electron chi connectivity index (χ0n) is 14.0. The van der Waals surface area contributed by atoms with Crippen molar-refractivity contribution in [2.75, 3.05) is 33.9 Å². The number of hydrogen-bond acceptors (Lipinski definition) is 2. The van der Waals surface area contributed by atoms with Gasteiger partial charge in [0.25, 0.3) is 0 Å². The van der Waals surface area contributed by atoms with Crippen LogP contribution in [0.25, 0.3) is 0 Å². The summed E-state index contributed by atoms with van der Waals surface area (Å²) < 4.78 is 5.22. The molecule has 1 heterocycles. The van der Waals surface area contributed by atoms with Crippen LogP contribution >= 0.6 is 0 Å². The summed E-state index contributed by atoms with van der Waals surface area (Å²) >= 11 is 0. The van der Waals surface area contributed by atoms with Crippen LogP contribution in [-0.2, 0) is 4.74 Å². The molecule has 0 atom stereocenters. The van der Waals surface area contributed by atoms with E-state index in [9.17, 15) is 0 Å². The second kappa shape index (κ2) is 5.21. The first-order valence-electron chi connectivity index (χ1n) is 7.75. The molecule has 4 heteroatoms. The van der Waals surface area contributed by atoms with Gasteiger partial charge in [-0.05, 0) is 38.5 Å². The summed E-state index contributed by atoms with van der Waals surface area (Å²) in [6.45, 7) is 12.2. The molecule has 0 aromatic carbocycles. The standard InChI is InChI=1S/C16H31N3O/c1-14(2)12-19(15(14,3)4)13(17-5)18-11-16(7-8-16)9-10-20-6/h7-12H2,1-6H3,(H,17,18). The predicted octanol–water partition coefficient (Wildman–Crippen LogP) is 2.50. The fraction of sp³-hybridized carbons (Fsp3) is 0.938. The highest BCUT2D eigenvalue weighted by Crippen LogP contribution is 2.49. The van der Waals surface area contributed by atoms with E-state index >= 15 is 0 Å². The van der Waals surface area contributed by atoms with Gasteiger partial charge in [-0.1, -0.05) is 13.8 Å². The second-order valence-electron chi connectivity index (χ2n) is 7.67. The SMILES string of the molecule is CN=C(NCC1(CCOC)CC1)N1CC(C)(C)C1(C)C. The molecule has 1 aliphatic heterocycles. The summed E-state index contributed by atoms with van der Waals surface area (Å²) in [6.07, 6.45) is 3.78. The Morgan fingerprint density at radius 1 is 1.25 bits per heavy atom. The van der Waals surface area contributed by atoms with E-state index in [-0.39, 0.29) is 5.54 Å². The van der Waals surface area contributed by atoms with E-state index < -0.39 is 0 Å². The minimum Gasteiger partial charge on any atom is -0.385 e. The van der Waals surface area contributed by atoms with Crippen LogP contribution in [0.2, 0.25) is 0 Å². The average molecular weight is 281 g/mol. The normalized spacial score (nSPS) is 26.1. The third kappa shape index (κ3) is 2.67. The first kappa shape index (κ1) is 15.6. The van der Waals surface area contributed by atoms with Crippen LogP contribution in [0, 0.1) is 10.8 Å². The van der Waals surface area contributed by atoms with Gasteiger partial charge >= 0.3 is 0 Å². The van der Waals surface area contributed by atoms with Crippen LogP contribution < -0.4 is 5.32 Å². The molecule has 2 aliphatic rings. The first-order valence-corrected chi connectivity index (χ1v) is 7.75. The van der Waals surface area contributed by atoms with Crippen LogP contribution in [-0.4, -0.2) is 50.3 Å². The number of aliphatic imine (C=N–C) groups is 1. The maximum atomic E-state index is 5.22. The fourth-order valence-corrected chi connectivity index (χ4v) is 2.97. The fourth-order valence-electron chi connectivity index (χ4n) is 2.97. The molecule has 4 nitrogen and oxygen atoms in total. The molecule has 0 bridgehead atoms. The minimum absolute atomic E-state index is 0.165. The van der Waals surface area contributed by atoms with Crippen molar-refractivity contribution in [3.8, 4) is 0 Å². The smallest absolute Gasteiger partial charge is 0.194 e. The number of nitrogens with zero attached hydrogens (tertiary/aromatic N) is 2. The van der Waals surface area contributed by atoms with Gasteiger partial charge < -0.3 is 15.0 Å². The highest BCUT2D eigenvalue weighted by Gasteiger charge is 2.54. The van der Waals surface area contributed by atoms with Crippen molar-refractivity contribution < 1.29 is 4.74 Å². The summed E-state index contributed by atoms with van der Waals surface area (Å²) in [5, 5.41) is 3.60. The van der Waals surface area contributed by atoms with Crippen molar-refractivity contribution in [1.82, 2.24) is 10.2 Å². The molecule has 1 saturated heterocycles. The van der Waals surface area contributed by atoms with E-state index in [1.165, 1.54) is 12.8 Å². The molecule has 1 aliphatic carbocycles. The van der Waals surface area contributed by atoms with Crippen LogP contribution in [0.4, 0.5) is 0 Å². The van der Waals surface area contributed by atoms with E-state index in [1.54, 1.807) is 7.11 Å². The summed E-state index contributed by atoms with van der Waals surface area (Å²) in [4.78, 5) is 6.88. The van der Waals surface area contributed by atoms with Crippen molar-refractivity contribution in [3.63, 3.8) is 0 Å². The molecule has 2 rings (SSSR count). The van der Waals surface area contributed by atoms with E-state index in [2.05, 4.69) is 42.9 Å². The average Bonchev–Trinajstić information content (AvgIpc) is 3.16. The maximum absolute atomic E-state index is 5.22. The zero-order chi connectivity index (χ0) is 15.0. The van der Waals surface area contributed by atoms with Crippen LogP contribution in [0.3, 0.4) is 0 Å². The lowest BCUT2D eigenvalue weighted by Crippen LogP contribution is -2.72. The van der Waals surface area contributed by atoms with Gasteiger partial charge in [0.1, 0.15) is 0 Å². The van der Waals surface area contributed by atoms with Gasteiger partial charge in [0.2, 0.25) is 0 Å². The monoisotopic (exact) mass is 281 g/mol. The second-order valence-corrected chi connectivity index (χ2v) is 7.67. The molecular formula is C16H31N3O. The number of likely N-dealkylation sites (tertiary alicyclic amines) is 1. The van der Waals surface area contributed by atoms with Crippen molar-refractivity contribution in [2.45, 2.75) is 52.5 Å². The number of guanidine groups is 1. The van der Waals surface area contributed by atoms with Crippen LogP contribution in [0.15, 0.2) is 4.99 Å². The molecule has 0 aromatic rings. The number of rotatable bonds is 5. The van der Waals surface area contributed by atoms with Gasteiger partial charge in [-0.15, -0.1) is 0 Å². The number of ether oxygens (including phenoxy) is 1. The van der Waals surface area contributed by atoms with Crippen LogP contribution in [0.1, 0.15) is 47.0 Å². The molecule has 0 spiro atoms. The van der Waals surface area contributed by atoms with Gasteiger partial charge in [-0.3, -0.25) is 4.99 Å². The van der Waals surface area contributed by atoms with E-state index in [0.717, 1.165) is 32.1 Å². The quantitative estimate of drug-likeness (QED) is 0.621. The lowest BCUT2D eigenvalue weighted by Gasteiger charge is -2.62. The third-order valence-corrected chi connectivity index (χ3v) is 5.77. The predicted molar refractivity (Wildman–Crippen MR) is 84.1 cm³/mol. The molecule has 1 saturated carbocycles. The minimum atomic E-state index is 0.165. The Morgan fingerprint density at radius 2 is 1.90 bits per heavy atom. The van der Waals surface area contributed by atoms with E-state index in [0.29, 0.717) is 10.8 Å². The molecule has 0 amide bonds. The molecule has 20 heavy (non-hydrogen) atoms. The van der Waals surface area contributed by atoms with E-state index in [1.807, 2.05) is 7.05 Å². The molecular weight excluding hydrogens is 250 g/mol. The summed E-state index contributed by atoms with van der Waals surface area (Å²) in [7, 11) is 3.67. The Bertz CT molecular complexity index is 383. The largest absolute Gasteiger partial charge is 0.385 e. The molecule has 2 fully saturated rings. The summed E-state index contributed by atoms with van der Waals surface area (Å²) in [5.41, 5.74) is 0.965. The topological polar surface area (TPSA) is 36.9 Å². The number of methoxy groups -OCH3 is 1. The van der Waals surface area contributed by atoms with Crippen molar-refractivity contribution in [1.29, 1.82) is 0 Å². The van der Waals surface area contributed by atoms with Crippen LogP contribution in [0.5, 0.6) is 0 Å². The Morgan fingerprint density at radius 3 is 2.30 bits per heavy atom. The summed E-state index contributed by atoms with van der Waals surface area (Å²) in [5.74, 6) is 1.05. The molecule has 1 N–H and O–H groups in total. The van der Waals surface area contributed by atoms with E-state index in [4.69, 9.17) is 4.74 Å². The molecule has 0 radical (unpaired) electrons.